The smallest absolute Gasteiger partial charge is 0.342 e. The molecule has 0 radical (unpaired) electrons. The minimum absolute atomic E-state index is 0.0621. The molecule has 0 saturated heterocycles. The quantitative estimate of drug-likeness (QED) is 0.453. The number of esters is 1. The van der Waals surface area contributed by atoms with E-state index >= 15 is 0 Å². The van der Waals surface area contributed by atoms with Crippen LogP contribution < -0.4 is 0 Å². The molecule has 28 heavy (non-hydrogen) atoms. The highest BCUT2D eigenvalue weighted by Crippen LogP contribution is 2.21. The Labute approximate surface area is 166 Å². The number of ether oxygens (including phenoxy) is 1. The zero-order valence-electron chi connectivity index (χ0n) is 15.0. The van der Waals surface area contributed by atoms with E-state index in [4.69, 9.17) is 20.8 Å². The van der Waals surface area contributed by atoms with Crippen molar-refractivity contribution in [2.45, 2.75) is 13.5 Å². The summed E-state index contributed by atoms with van der Waals surface area (Å²) in [4.78, 5) is 16.6. The van der Waals surface area contributed by atoms with Gasteiger partial charge in [-0.15, -0.1) is 0 Å². The molecule has 2 aromatic carbocycles. The third-order valence-corrected chi connectivity index (χ3v) is 4.46. The molecule has 2 heterocycles. The number of rotatable bonds is 5. The summed E-state index contributed by atoms with van der Waals surface area (Å²) in [6.07, 6.45) is 3.09. The van der Waals surface area contributed by atoms with Crippen LogP contribution in [0.5, 0.6) is 0 Å². The molecule has 0 saturated carbocycles. The van der Waals surface area contributed by atoms with Gasteiger partial charge in [0.2, 0.25) is 5.89 Å². The van der Waals surface area contributed by atoms with Gasteiger partial charge < -0.3 is 9.15 Å². The number of carbonyl (C=O) groups excluding carboxylic acids is 1. The van der Waals surface area contributed by atoms with Gasteiger partial charge in [0, 0.05) is 10.6 Å². The third kappa shape index (κ3) is 3.68. The van der Waals surface area contributed by atoms with Crippen molar-refractivity contribution in [2.75, 3.05) is 0 Å². The number of hydrogen-bond donors (Lipinski definition) is 0. The summed E-state index contributed by atoms with van der Waals surface area (Å²) in [5, 5.41) is 4.86. The van der Waals surface area contributed by atoms with E-state index in [1.54, 1.807) is 29.9 Å². The number of hydrogen-bond acceptors (Lipinski definition) is 5. The molecule has 4 aromatic rings. The first-order valence-corrected chi connectivity index (χ1v) is 8.97. The molecule has 140 valence electrons. The van der Waals surface area contributed by atoms with Crippen LogP contribution in [-0.2, 0) is 11.3 Å². The van der Waals surface area contributed by atoms with Gasteiger partial charge in [-0.25, -0.2) is 14.5 Å². The molecule has 0 amide bonds. The lowest BCUT2D eigenvalue weighted by Crippen LogP contribution is -2.07. The second-order valence-electron chi connectivity index (χ2n) is 6.10. The maximum Gasteiger partial charge on any atom is 0.342 e. The van der Waals surface area contributed by atoms with Crippen molar-refractivity contribution in [3.8, 4) is 17.0 Å². The van der Waals surface area contributed by atoms with Crippen molar-refractivity contribution < 1.29 is 13.9 Å². The van der Waals surface area contributed by atoms with Crippen LogP contribution in [0.25, 0.3) is 17.0 Å². The van der Waals surface area contributed by atoms with Crippen molar-refractivity contribution in [2.24, 2.45) is 0 Å². The number of halogens is 1. The monoisotopic (exact) mass is 393 g/mol. The van der Waals surface area contributed by atoms with Gasteiger partial charge in [-0.05, 0) is 25.1 Å². The first-order valence-electron chi connectivity index (χ1n) is 8.59. The Morgan fingerprint density at radius 2 is 1.96 bits per heavy atom. The van der Waals surface area contributed by atoms with Crippen LogP contribution in [0.15, 0.2) is 71.4 Å². The Bertz CT molecular complexity index is 1120. The number of carbonyl (C=O) groups is 1. The van der Waals surface area contributed by atoms with Crippen LogP contribution in [0.2, 0.25) is 5.02 Å². The number of nitrogens with zero attached hydrogens (tertiary/aromatic N) is 3. The van der Waals surface area contributed by atoms with E-state index in [1.807, 2.05) is 42.5 Å². The molecule has 4 rings (SSSR count). The van der Waals surface area contributed by atoms with Crippen molar-refractivity contribution in [1.29, 1.82) is 0 Å². The fourth-order valence-corrected chi connectivity index (χ4v) is 2.98. The van der Waals surface area contributed by atoms with Crippen LogP contribution >= 0.6 is 11.6 Å². The van der Waals surface area contributed by atoms with E-state index in [0.717, 1.165) is 11.3 Å². The maximum absolute atomic E-state index is 12.5. The van der Waals surface area contributed by atoms with E-state index in [2.05, 4.69) is 10.1 Å². The normalized spacial score (nSPS) is 10.8. The summed E-state index contributed by atoms with van der Waals surface area (Å²) >= 11 is 6.03. The van der Waals surface area contributed by atoms with Crippen LogP contribution in [0.3, 0.4) is 0 Å². The molecule has 0 N–H and O–H groups in total. The van der Waals surface area contributed by atoms with Gasteiger partial charge >= 0.3 is 5.97 Å². The van der Waals surface area contributed by atoms with Crippen LogP contribution in [0, 0.1) is 6.92 Å². The van der Waals surface area contributed by atoms with Gasteiger partial charge in [-0.1, -0.05) is 48.0 Å². The van der Waals surface area contributed by atoms with Crippen molar-refractivity contribution in [3.63, 3.8) is 0 Å². The molecule has 2 aromatic heterocycles. The molecular weight excluding hydrogens is 378 g/mol. The Morgan fingerprint density at radius 3 is 2.75 bits per heavy atom. The third-order valence-electron chi connectivity index (χ3n) is 4.22. The lowest BCUT2D eigenvalue weighted by atomic mass is 10.2. The molecule has 0 fully saturated rings. The summed E-state index contributed by atoms with van der Waals surface area (Å²) < 4.78 is 12.6. The van der Waals surface area contributed by atoms with E-state index in [0.29, 0.717) is 27.9 Å². The summed E-state index contributed by atoms with van der Waals surface area (Å²) in [7, 11) is 0. The minimum atomic E-state index is -0.495. The molecule has 0 aliphatic heterocycles. The standard InChI is InChI=1S/C21H16ClN3O3/c1-14-18(11-24-25(14)17-9-5-8-16(22)10-17)21(26)27-13-20-23-12-19(28-20)15-6-3-2-4-7-15/h2-12H,13H2,1H3. The van der Waals surface area contributed by atoms with E-state index in [9.17, 15) is 4.79 Å². The molecule has 0 spiro atoms. The predicted octanol–water partition coefficient (Wildman–Crippen LogP) is 4.85. The van der Waals surface area contributed by atoms with E-state index in [1.165, 1.54) is 6.20 Å². The zero-order chi connectivity index (χ0) is 19.5. The first kappa shape index (κ1) is 18.0. The molecule has 0 aliphatic carbocycles. The van der Waals surface area contributed by atoms with Crippen molar-refractivity contribution in [1.82, 2.24) is 14.8 Å². The van der Waals surface area contributed by atoms with Gasteiger partial charge in [-0.2, -0.15) is 5.10 Å². The molecule has 7 heteroatoms. The molecule has 0 unspecified atom stereocenters. The first-order chi connectivity index (χ1) is 13.6. The maximum atomic E-state index is 12.5. The molecule has 6 nitrogen and oxygen atoms in total. The fourth-order valence-electron chi connectivity index (χ4n) is 2.80. The van der Waals surface area contributed by atoms with Gasteiger partial charge in [0.05, 0.1) is 23.8 Å². The molecule has 0 atom stereocenters. The molecule has 0 bridgehead atoms. The highest BCUT2D eigenvalue weighted by atomic mass is 35.5. The second kappa shape index (κ2) is 7.70. The van der Waals surface area contributed by atoms with Crippen LogP contribution in [-0.4, -0.2) is 20.7 Å². The summed E-state index contributed by atoms with van der Waals surface area (Å²) in [5.41, 5.74) is 2.70. The topological polar surface area (TPSA) is 70.2 Å². The molecular formula is C21H16ClN3O3. The fraction of sp³-hybridized carbons (Fsp3) is 0.0952. The summed E-state index contributed by atoms with van der Waals surface area (Å²) in [5.74, 6) is 0.453. The average molecular weight is 394 g/mol. The largest absolute Gasteiger partial charge is 0.452 e. The minimum Gasteiger partial charge on any atom is -0.452 e. The number of aromatic nitrogens is 3. The van der Waals surface area contributed by atoms with Crippen LogP contribution in [0.1, 0.15) is 21.9 Å². The highest BCUT2D eigenvalue weighted by Gasteiger charge is 2.18. The SMILES string of the molecule is Cc1c(C(=O)OCc2ncc(-c3ccccc3)o2)cnn1-c1cccc(Cl)c1. The van der Waals surface area contributed by atoms with Crippen molar-refractivity contribution >= 4 is 17.6 Å². The van der Waals surface area contributed by atoms with Gasteiger partial charge in [-0.3, -0.25) is 0 Å². The van der Waals surface area contributed by atoms with Gasteiger partial charge in [0.15, 0.2) is 12.4 Å². The Kier molecular flexibility index (Phi) is 4.95. The number of benzene rings is 2. The Morgan fingerprint density at radius 1 is 1.14 bits per heavy atom. The average Bonchev–Trinajstić information content (AvgIpc) is 3.34. The van der Waals surface area contributed by atoms with Crippen molar-refractivity contribution in [3.05, 3.63) is 89.2 Å². The van der Waals surface area contributed by atoms with Gasteiger partial charge in [0.25, 0.3) is 0 Å². The lowest BCUT2D eigenvalue weighted by Gasteiger charge is -2.06. The Hall–Kier alpha value is -3.38. The van der Waals surface area contributed by atoms with E-state index in [-0.39, 0.29) is 6.61 Å². The number of oxazole rings is 1. The zero-order valence-corrected chi connectivity index (χ0v) is 15.8. The lowest BCUT2D eigenvalue weighted by molar-refractivity contribution is 0.0438. The summed E-state index contributed by atoms with van der Waals surface area (Å²) in [6.45, 7) is 1.73. The Balaban J connectivity index is 1.46. The molecule has 0 aliphatic rings. The predicted molar refractivity (Wildman–Crippen MR) is 104 cm³/mol. The second-order valence-corrected chi connectivity index (χ2v) is 6.53. The highest BCUT2D eigenvalue weighted by molar-refractivity contribution is 6.30. The van der Waals surface area contributed by atoms with Gasteiger partial charge in [0.1, 0.15) is 5.56 Å². The van der Waals surface area contributed by atoms with Crippen LogP contribution in [0.4, 0.5) is 0 Å². The van der Waals surface area contributed by atoms with E-state index < -0.39 is 5.97 Å². The summed E-state index contributed by atoms with van der Waals surface area (Å²) in [6, 6.07) is 16.8.